The fraction of sp³-hybridized carbons (Fsp3) is 0.167. The minimum atomic E-state index is 0.749. The lowest BCUT2D eigenvalue weighted by Crippen LogP contribution is -1.94. The molecule has 0 fully saturated rings. The molecule has 5 heteroatoms. The quantitative estimate of drug-likeness (QED) is 0.660. The molecule has 0 atom stereocenters. The van der Waals surface area contributed by atoms with Crippen LogP contribution in [0.4, 0.5) is 0 Å². The van der Waals surface area contributed by atoms with Crippen LogP contribution in [-0.4, -0.2) is 19.6 Å². The first-order valence-electron chi connectivity index (χ1n) is 3.10. The summed E-state index contributed by atoms with van der Waals surface area (Å²) in [6.07, 6.45) is 3.34. The van der Waals surface area contributed by atoms with Gasteiger partial charge in [0.2, 0.25) is 0 Å². The molecule has 2 aromatic heterocycles. The van der Waals surface area contributed by atoms with Gasteiger partial charge in [0, 0.05) is 0 Å². The molecule has 0 radical (unpaired) electrons. The molecule has 0 unspecified atom stereocenters. The van der Waals surface area contributed by atoms with Crippen LogP contribution in [0.5, 0.6) is 0 Å². The van der Waals surface area contributed by atoms with Crippen molar-refractivity contribution in [3.8, 4) is 0 Å². The minimum absolute atomic E-state index is 0.749. The van der Waals surface area contributed by atoms with Gasteiger partial charge in [-0.25, -0.2) is 14.5 Å². The molecule has 0 aliphatic heterocycles. The van der Waals surface area contributed by atoms with Crippen LogP contribution in [-0.2, 0) is 0 Å². The molecule has 0 bridgehead atoms. The molecule has 0 saturated carbocycles. The fourth-order valence-electron chi connectivity index (χ4n) is 0.844. The first-order chi connectivity index (χ1) is 5.27. The Hall–Kier alpha value is -0.970. The van der Waals surface area contributed by atoms with Crippen LogP contribution in [0.2, 0.25) is 0 Å². The Balaban J connectivity index is 2.87. The summed E-state index contributed by atoms with van der Waals surface area (Å²) in [6, 6.07) is 0. The lowest BCUT2D eigenvalue weighted by molar-refractivity contribution is 0.869. The van der Waals surface area contributed by atoms with E-state index in [0.717, 1.165) is 15.9 Å². The highest BCUT2D eigenvalue weighted by molar-refractivity contribution is 9.10. The molecule has 56 valence electrons. The number of rotatable bonds is 0. The second-order valence-electron chi connectivity index (χ2n) is 2.16. The normalized spacial score (nSPS) is 10.7. The third kappa shape index (κ3) is 1.01. The minimum Gasteiger partial charge on any atom is -0.222 e. The van der Waals surface area contributed by atoms with E-state index < -0.39 is 0 Å². The highest BCUT2D eigenvalue weighted by Crippen LogP contribution is 2.13. The van der Waals surface area contributed by atoms with E-state index in [0.29, 0.717) is 0 Å². The monoisotopic (exact) mass is 212 g/mol. The van der Waals surface area contributed by atoms with Gasteiger partial charge in [0.1, 0.15) is 12.2 Å². The molecule has 2 aromatic rings. The van der Waals surface area contributed by atoms with E-state index in [1.807, 2.05) is 6.92 Å². The van der Waals surface area contributed by atoms with E-state index in [2.05, 4.69) is 31.0 Å². The van der Waals surface area contributed by atoms with E-state index in [1.165, 1.54) is 0 Å². The van der Waals surface area contributed by atoms with E-state index in [-0.39, 0.29) is 0 Å². The van der Waals surface area contributed by atoms with Gasteiger partial charge in [0.25, 0.3) is 0 Å². The number of fused-ring (bicyclic) bond motifs is 1. The lowest BCUT2D eigenvalue weighted by Gasteiger charge is -1.92. The van der Waals surface area contributed by atoms with Gasteiger partial charge in [-0.15, -0.1) is 0 Å². The molecule has 11 heavy (non-hydrogen) atoms. The summed E-state index contributed by atoms with van der Waals surface area (Å²) in [6.45, 7) is 1.85. The van der Waals surface area contributed by atoms with Crippen molar-refractivity contribution in [3.63, 3.8) is 0 Å². The zero-order valence-corrected chi connectivity index (χ0v) is 7.41. The molecule has 0 spiro atoms. The Kier molecular flexibility index (Phi) is 1.38. The summed E-state index contributed by atoms with van der Waals surface area (Å²) in [7, 11) is 0. The Morgan fingerprint density at radius 3 is 3.18 bits per heavy atom. The first-order valence-corrected chi connectivity index (χ1v) is 3.89. The van der Waals surface area contributed by atoms with Gasteiger partial charge in [-0.3, -0.25) is 0 Å². The Morgan fingerprint density at radius 2 is 2.36 bits per heavy atom. The maximum Gasteiger partial charge on any atom is 0.173 e. The van der Waals surface area contributed by atoms with Gasteiger partial charge < -0.3 is 0 Å². The maximum atomic E-state index is 4.18. The van der Waals surface area contributed by atoms with Gasteiger partial charge in [0.15, 0.2) is 5.65 Å². The number of halogens is 1. The highest BCUT2D eigenvalue weighted by atomic mass is 79.9. The maximum absolute atomic E-state index is 4.18. The van der Waals surface area contributed by atoms with E-state index >= 15 is 0 Å². The zero-order valence-electron chi connectivity index (χ0n) is 5.82. The van der Waals surface area contributed by atoms with Crippen molar-refractivity contribution in [2.45, 2.75) is 6.92 Å². The molecular formula is C6H5BrN4. The average molecular weight is 213 g/mol. The van der Waals surface area contributed by atoms with Crippen LogP contribution in [0, 0.1) is 6.92 Å². The van der Waals surface area contributed by atoms with Crippen molar-refractivity contribution in [2.75, 3.05) is 0 Å². The lowest BCUT2D eigenvalue weighted by atomic mass is 10.6. The van der Waals surface area contributed by atoms with E-state index in [1.54, 1.807) is 17.0 Å². The number of nitrogens with zero attached hydrogens (tertiary/aromatic N) is 4. The zero-order chi connectivity index (χ0) is 7.84. The molecule has 0 saturated heterocycles. The SMILES string of the molecule is Cc1ncn2ncc(Br)c2n1. The van der Waals surface area contributed by atoms with Crippen molar-refractivity contribution in [1.82, 2.24) is 19.6 Å². The average Bonchev–Trinajstić information content (AvgIpc) is 2.33. The number of aryl methyl sites for hydroxylation is 1. The number of hydrogen-bond donors (Lipinski definition) is 0. The van der Waals surface area contributed by atoms with Crippen LogP contribution in [0.15, 0.2) is 17.0 Å². The molecule has 0 amide bonds. The summed E-state index contributed by atoms with van der Waals surface area (Å²) in [5.74, 6) is 0.749. The van der Waals surface area contributed by atoms with Gasteiger partial charge in [-0.05, 0) is 22.9 Å². The van der Waals surface area contributed by atoms with E-state index in [4.69, 9.17) is 0 Å². The molecular weight excluding hydrogens is 208 g/mol. The summed E-state index contributed by atoms with van der Waals surface area (Å²) in [5.41, 5.74) is 0.803. The van der Waals surface area contributed by atoms with Crippen molar-refractivity contribution in [3.05, 3.63) is 22.8 Å². The predicted octanol–water partition coefficient (Wildman–Crippen LogP) is 1.20. The fourth-order valence-corrected chi connectivity index (χ4v) is 1.21. The molecule has 0 aliphatic rings. The van der Waals surface area contributed by atoms with Gasteiger partial charge in [-0.2, -0.15) is 5.10 Å². The summed E-state index contributed by atoms with van der Waals surface area (Å²) in [4.78, 5) is 8.17. The molecule has 2 rings (SSSR count). The van der Waals surface area contributed by atoms with Crippen molar-refractivity contribution in [1.29, 1.82) is 0 Å². The van der Waals surface area contributed by atoms with Crippen LogP contribution in [0.25, 0.3) is 5.65 Å². The first kappa shape index (κ1) is 6.72. The van der Waals surface area contributed by atoms with Crippen LogP contribution < -0.4 is 0 Å². The number of hydrogen-bond acceptors (Lipinski definition) is 3. The molecule has 0 aromatic carbocycles. The third-order valence-corrected chi connectivity index (χ3v) is 1.91. The Morgan fingerprint density at radius 1 is 1.55 bits per heavy atom. The Bertz CT molecular complexity index is 394. The topological polar surface area (TPSA) is 43.1 Å². The highest BCUT2D eigenvalue weighted by Gasteiger charge is 2.01. The second-order valence-corrected chi connectivity index (χ2v) is 3.02. The van der Waals surface area contributed by atoms with Gasteiger partial charge in [0.05, 0.1) is 10.7 Å². The van der Waals surface area contributed by atoms with Crippen LogP contribution >= 0.6 is 15.9 Å². The van der Waals surface area contributed by atoms with Crippen molar-refractivity contribution in [2.24, 2.45) is 0 Å². The molecule has 2 heterocycles. The molecule has 0 aliphatic carbocycles. The molecule has 0 N–H and O–H groups in total. The Labute approximate surface area is 71.4 Å². The summed E-state index contributed by atoms with van der Waals surface area (Å²) in [5, 5.41) is 4.00. The summed E-state index contributed by atoms with van der Waals surface area (Å²) >= 11 is 3.33. The van der Waals surface area contributed by atoms with Crippen molar-refractivity contribution < 1.29 is 0 Å². The van der Waals surface area contributed by atoms with E-state index in [9.17, 15) is 0 Å². The second kappa shape index (κ2) is 2.27. The van der Waals surface area contributed by atoms with Gasteiger partial charge in [-0.1, -0.05) is 0 Å². The largest absolute Gasteiger partial charge is 0.222 e. The smallest absolute Gasteiger partial charge is 0.173 e. The van der Waals surface area contributed by atoms with Crippen LogP contribution in [0.3, 0.4) is 0 Å². The van der Waals surface area contributed by atoms with Crippen LogP contribution in [0.1, 0.15) is 5.82 Å². The third-order valence-electron chi connectivity index (χ3n) is 1.35. The van der Waals surface area contributed by atoms with Gasteiger partial charge >= 0.3 is 0 Å². The standard InChI is InChI=1S/C6H5BrN4/c1-4-8-3-11-6(10-4)5(7)2-9-11/h2-3H,1H3. The predicted molar refractivity (Wildman–Crippen MR) is 43.2 cm³/mol. The summed E-state index contributed by atoms with van der Waals surface area (Å²) < 4.78 is 2.51. The number of aromatic nitrogens is 4. The molecule has 4 nitrogen and oxygen atoms in total. The van der Waals surface area contributed by atoms with Crippen molar-refractivity contribution >= 4 is 21.6 Å².